The van der Waals surface area contributed by atoms with Crippen LogP contribution in [-0.4, -0.2) is 41.6 Å². The maximum atomic E-state index is 12.8. The van der Waals surface area contributed by atoms with Crippen LogP contribution in [0.2, 0.25) is 0 Å². The lowest BCUT2D eigenvalue weighted by Crippen LogP contribution is -2.40. The van der Waals surface area contributed by atoms with E-state index in [9.17, 15) is 19.5 Å². The molecule has 0 aliphatic carbocycles. The molecule has 0 bridgehead atoms. The van der Waals surface area contributed by atoms with Crippen molar-refractivity contribution in [3.63, 3.8) is 0 Å². The van der Waals surface area contributed by atoms with Crippen molar-refractivity contribution in [3.8, 4) is 0 Å². The van der Waals surface area contributed by atoms with Gasteiger partial charge in [-0.15, -0.1) is 0 Å². The molecule has 0 heterocycles. The number of nitrogens with two attached hydrogens (primary N) is 1. The molecule has 0 aliphatic heterocycles. The van der Waals surface area contributed by atoms with E-state index in [1.165, 1.54) is 122 Å². The summed E-state index contributed by atoms with van der Waals surface area (Å²) < 4.78 is 6.04. The van der Waals surface area contributed by atoms with Gasteiger partial charge >= 0.3 is 11.9 Å². The van der Waals surface area contributed by atoms with Gasteiger partial charge < -0.3 is 20.9 Å². The SMILES string of the molecule is CCCCC/C=C\C/C=C\CCCC(CCCCCCCC(=O)NC(CCCN)C(=O)O)OC(=O)CCCCCCCCCCC/C=C\CCCCCCCC. The molecular formula is C49H90N2O5. The van der Waals surface area contributed by atoms with Gasteiger partial charge in [-0.3, -0.25) is 9.59 Å². The first kappa shape index (κ1) is 53.6. The number of ether oxygens (including phenoxy) is 1. The molecule has 0 saturated heterocycles. The minimum atomic E-state index is -1.01. The van der Waals surface area contributed by atoms with Crippen molar-refractivity contribution >= 4 is 17.8 Å². The number of hydrogen-bond acceptors (Lipinski definition) is 5. The number of unbranched alkanes of at least 4 members (excludes halogenated alkanes) is 23. The Kier molecular flexibility index (Phi) is 41.8. The van der Waals surface area contributed by atoms with E-state index >= 15 is 0 Å². The molecular weight excluding hydrogens is 697 g/mol. The predicted octanol–water partition coefficient (Wildman–Crippen LogP) is 13.8. The summed E-state index contributed by atoms with van der Waals surface area (Å²) in [5.41, 5.74) is 5.49. The Balaban J connectivity index is 4.27. The van der Waals surface area contributed by atoms with Crippen LogP contribution < -0.4 is 11.1 Å². The first-order valence-electron chi connectivity index (χ1n) is 23.8. The summed E-state index contributed by atoms with van der Waals surface area (Å²) in [6.07, 6.45) is 52.0. The fourth-order valence-corrected chi connectivity index (χ4v) is 7.07. The summed E-state index contributed by atoms with van der Waals surface area (Å²) >= 11 is 0. The van der Waals surface area contributed by atoms with Crippen LogP contribution in [-0.2, 0) is 19.1 Å². The average Bonchev–Trinajstić information content (AvgIpc) is 3.18. The smallest absolute Gasteiger partial charge is 0.326 e. The third-order valence-corrected chi connectivity index (χ3v) is 10.7. The Morgan fingerprint density at radius 2 is 0.946 bits per heavy atom. The van der Waals surface area contributed by atoms with Crippen LogP contribution in [0.3, 0.4) is 0 Å². The first-order chi connectivity index (χ1) is 27.4. The van der Waals surface area contributed by atoms with Crippen LogP contribution in [0.1, 0.15) is 239 Å². The molecule has 0 spiro atoms. The summed E-state index contributed by atoms with van der Waals surface area (Å²) in [7, 11) is 0. The molecule has 1 amide bonds. The largest absolute Gasteiger partial charge is 0.480 e. The topological polar surface area (TPSA) is 119 Å². The lowest BCUT2D eigenvalue weighted by Gasteiger charge is -2.18. The van der Waals surface area contributed by atoms with E-state index in [1.54, 1.807) is 0 Å². The van der Waals surface area contributed by atoms with Crippen molar-refractivity contribution in [2.24, 2.45) is 5.73 Å². The molecule has 2 unspecified atom stereocenters. The van der Waals surface area contributed by atoms with E-state index < -0.39 is 12.0 Å². The number of allylic oxidation sites excluding steroid dienone is 6. The number of carbonyl (C=O) groups excluding carboxylic acids is 2. The zero-order chi connectivity index (χ0) is 41.0. The Morgan fingerprint density at radius 3 is 1.50 bits per heavy atom. The number of aliphatic carboxylic acids is 1. The molecule has 0 aliphatic rings. The van der Waals surface area contributed by atoms with Crippen molar-refractivity contribution < 1.29 is 24.2 Å². The van der Waals surface area contributed by atoms with Crippen LogP contribution in [0.5, 0.6) is 0 Å². The molecule has 7 nitrogen and oxygen atoms in total. The van der Waals surface area contributed by atoms with Crippen molar-refractivity contribution in [1.29, 1.82) is 0 Å². The monoisotopic (exact) mass is 787 g/mol. The van der Waals surface area contributed by atoms with Gasteiger partial charge in [0.05, 0.1) is 0 Å². The van der Waals surface area contributed by atoms with E-state index in [2.05, 4.69) is 55.6 Å². The van der Waals surface area contributed by atoms with Crippen LogP contribution in [0.4, 0.5) is 0 Å². The molecule has 0 rings (SSSR count). The molecule has 0 aromatic heterocycles. The van der Waals surface area contributed by atoms with Gasteiger partial charge in [0.15, 0.2) is 0 Å². The second kappa shape index (κ2) is 43.7. The van der Waals surface area contributed by atoms with E-state index in [0.29, 0.717) is 32.2 Å². The molecule has 0 aromatic rings. The Morgan fingerprint density at radius 1 is 0.518 bits per heavy atom. The van der Waals surface area contributed by atoms with E-state index in [-0.39, 0.29) is 18.0 Å². The number of carboxylic acids is 1. The molecule has 7 heteroatoms. The lowest BCUT2D eigenvalue weighted by atomic mass is 10.0. The predicted molar refractivity (Wildman–Crippen MR) is 239 cm³/mol. The quantitative estimate of drug-likeness (QED) is 0.0322. The lowest BCUT2D eigenvalue weighted by molar-refractivity contribution is -0.150. The van der Waals surface area contributed by atoms with Crippen molar-refractivity contribution in [1.82, 2.24) is 5.32 Å². The molecule has 326 valence electrons. The molecule has 56 heavy (non-hydrogen) atoms. The van der Waals surface area contributed by atoms with Gasteiger partial charge in [0, 0.05) is 12.8 Å². The third-order valence-electron chi connectivity index (χ3n) is 10.7. The van der Waals surface area contributed by atoms with Gasteiger partial charge in [0.2, 0.25) is 5.91 Å². The van der Waals surface area contributed by atoms with Gasteiger partial charge in [0.25, 0.3) is 0 Å². The third kappa shape index (κ3) is 39.8. The van der Waals surface area contributed by atoms with Gasteiger partial charge in [0.1, 0.15) is 12.1 Å². The fraction of sp³-hybridized carbons (Fsp3) is 0.816. The molecule has 0 fully saturated rings. The number of rotatable bonds is 43. The highest BCUT2D eigenvalue weighted by Crippen LogP contribution is 2.18. The first-order valence-corrected chi connectivity index (χ1v) is 23.8. The Labute approximate surface area is 345 Å². The van der Waals surface area contributed by atoms with Gasteiger partial charge in [-0.1, -0.05) is 159 Å². The number of carbonyl (C=O) groups is 3. The highest BCUT2D eigenvalue weighted by Gasteiger charge is 2.19. The molecule has 0 saturated carbocycles. The second-order valence-electron chi connectivity index (χ2n) is 16.2. The zero-order valence-corrected chi connectivity index (χ0v) is 36.7. The van der Waals surface area contributed by atoms with Crippen molar-refractivity contribution in [3.05, 3.63) is 36.5 Å². The summed E-state index contributed by atoms with van der Waals surface area (Å²) in [6.45, 7) is 4.92. The number of esters is 1. The van der Waals surface area contributed by atoms with Crippen molar-refractivity contribution in [2.75, 3.05) is 6.54 Å². The zero-order valence-electron chi connectivity index (χ0n) is 36.7. The molecule has 0 radical (unpaired) electrons. The van der Waals surface area contributed by atoms with Gasteiger partial charge in [-0.05, 0) is 109 Å². The maximum Gasteiger partial charge on any atom is 0.326 e. The Hall–Kier alpha value is -2.41. The van der Waals surface area contributed by atoms with Crippen LogP contribution in [0, 0.1) is 0 Å². The molecule has 0 aromatic carbocycles. The maximum absolute atomic E-state index is 12.8. The van der Waals surface area contributed by atoms with Crippen LogP contribution in [0.25, 0.3) is 0 Å². The normalized spacial score (nSPS) is 12.9. The molecule has 4 N–H and O–H groups in total. The van der Waals surface area contributed by atoms with Crippen molar-refractivity contribution in [2.45, 2.75) is 251 Å². The van der Waals surface area contributed by atoms with Crippen LogP contribution in [0.15, 0.2) is 36.5 Å². The molecule has 2 atom stereocenters. The number of amides is 1. The van der Waals surface area contributed by atoms with Gasteiger partial charge in [-0.2, -0.15) is 0 Å². The average molecular weight is 787 g/mol. The number of carboxylic acid groups (broad SMARTS) is 1. The standard InChI is InChI=1S/C49H90N2O5/c1-3-5-7-9-11-13-15-16-17-18-19-20-21-22-24-26-28-33-37-43-48(53)56-45(39-34-30-27-25-23-14-12-10-8-6-4-2)40-35-31-29-32-36-42-47(52)51-46(49(54)55)41-38-44-50/h12,14,16-17,25,27,45-46H,3-11,13,15,18-24,26,28-44,50H2,1-2H3,(H,51,52)(H,54,55)/b14-12-,17-16-,27-25-. The Bertz CT molecular complexity index is 978. The summed E-state index contributed by atoms with van der Waals surface area (Å²) in [5.74, 6) is -1.26. The fourth-order valence-electron chi connectivity index (χ4n) is 7.07. The highest BCUT2D eigenvalue weighted by molar-refractivity contribution is 5.83. The summed E-state index contributed by atoms with van der Waals surface area (Å²) in [4.78, 5) is 36.4. The van der Waals surface area contributed by atoms with E-state index in [4.69, 9.17) is 10.5 Å². The van der Waals surface area contributed by atoms with E-state index in [1.807, 2.05) is 0 Å². The van der Waals surface area contributed by atoms with Crippen LogP contribution >= 0.6 is 0 Å². The highest BCUT2D eigenvalue weighted by atomic mass is 16.5. The minimum Gasteiger partial charge on any atom is -0.480 e. The minimum absolute atomic E-state index is 0.0302. The van der Waals surface area contributed by atoms with E-state index in [0.717, 1.165) is 77.0 Å². The summed E-state index contributed by atoms with van der Waals surface area (Å²) in [6, 6.07) is -0.861. The summed E-state index contributed by atoms with van der Waals surface area (Å²) in [5, 5.41) is 11.9. The van der Waals surface area contributed by atoms with Gasteiger partial charge in [-0.25, -0.2) is 4.79 Å². The number of nitrogens with one attached hydrogen (secondary N) is 1. The second-order valence-corrected chi connectivity index (χ2v) is 16.2. The number of hydrogen-bond donors (Lipinski definition) is 3.